The van der Waals surface area contributed by atoms with Gasteiger partial charge < -0.3 is 5.32 Å². The lowest BCUT2D eigenvalue weighted by Crippen LogP contribution is -2.17. The Morgan fingerprint density at radius 1 is 1.30 bits per heavy atom. The van der Waals surface area contributed by atoms with Crippen LogP contribution in [0.5, 0.6) is 0 Å². The van der Waals surface area contributed by atoms with Gasteiger partial charge in [-0.1, -0.05) is 23.7 Å². The first-order valence-electron chi connectivity index (χ1n) is 6.12. The summed E-state index contributed by atoms with van der Waals surface area (Å²) in [5.41, 5.74) is 2.21. The first-order chi connectivity index (χ1) is 9.36. The molecule has 0 bridgehead atoms. The summed E-state index contributed by atoms with van der Waals surface area (Å²) in [5, 5.41) is 5.42. The van der Waals surface area contributed by atoms with Crippen molar-refractivity contribution in [3.8, 4) is 0 Å². The Morgan fingerprint density at radius 3 is 2.45 bits per heavy atom. The van der Waals surface area contributed by atoms with Gasteiger partial charge in [-0.25, -0.2) is 8.42 Å². The predicted octanol–water partition coefficient (Wildman–Crippen LogP) is 3.66. The zero-order valence-corrected chi connectivity index (χ0v) is 13.6. The molecule has 1 aromatic heterocycles. The fourth-order valence-electron chi connectivity index (χ4n) is 1.79. The van der Waals surface area contributed by atoms with Gasteiger partial charge in [-0.15, -0.1) is 11.3 Å². The van der Waals surface area contributed by atoms with Gasteiger partial charge in [0, 0.05) is 18.8 Å². The van der Waals surface area contributed by atoms with Gasteiger partial charge >= 0.3 is 0 Å². The Morgan fingerprint density at radius 2 is 1.95 bits per heavy atom. The van der Waals surface area contributed by atoms with E-state index in [1.807, 2.05) is 23.6 Å². The molecular formula is C14H16ClNO2S2. The zero-order valence-electron chi connectivity index (χ0n) is 11.3. The van der Waals surface area contributed by atoms with Crippen LogP contribution in [0.4, 0.5) is 0 Å². The molecule has 0 saturated heterocycles. The van der Waals surface area contributed by atoms with Crippen LogP contribution in [0.3, 0.4) is 0 Å². The van der Waals surface area contributed by atoms with E-state index in [0.29, 0.717) is 11.4 Å². The Labute approximate surface area is 128 Å². The average molecular weight is 330 g/mol. The number of halogens is 1. The second-order valence-electron chi connectivity index (χ2n) is 4.70. The van der Waals surface area contributed by atoms with Gasteiger partial charge in [-0.3, -0.25) is 0 Å². The molecule has 0 fully saturated rings. The van der Waals surface area contributed by atoms with E-state index >= 15 is 0 Å². The number of hydrogen-bond donors (Lipinski definition) is 1. The van der Waals surface area contributed by atoms with E-state index in [4.69, 9.17) is 11.6 Å². The highest BCUT2D eigenvalue weighted by Gasteiger charge is 2.08. The number of rotatable bonds is 5. The Kier molecular flexibility index (Phi) is 4.86. The summed E-state index contributed by atoms with van der Waals surface area (Å²) in [7, 11) is -3.12. The first kappa shape index (κ1) is 15.5. The normalized spacial score (nSPS) is 13.3. The minimum absolute atomic E-state index is 0.202. The van der Waals surface area contributed by atoms with E-state index in [1.165, 1.54) is 17.6 Å². The SMILES string of the molecule is CC(NCc1ccc(S(C)(=O)=O)cc1)c1csc(Cl)c1. The molecule has 0 spiro atoms. The molecule has 1 atom stereocenters. The van der Waals surface area contributed by atoms with Crippen molar-refractivity contribution in [1.82, 2.24) is 5.32 Å². The zero-order chi connectivity index (χ0) is 14.8. The molecular weight excluding hydrogens is 314 g/mol. The van der Waals surface area contributed by atoms with Crippen molar-refractivity contribution in [3.63, 3.8) is 0 Å². The van der Waals surface area contributed by atoms with Crippen molar-refractivity contribution in [2.24, 2.45) is 0 Å². The van der Waals surface area contributed by atoms with Crippen LogP contribution in [0.15, 0.2) is 40.6 Å². The molecule has 0 amide bonds. The fraction of sp³-hybridized carbons (Fsp3) is 0.286. The van der Waals surface area contributed by atoms with Crippen LogP contribution in [0.1, 0.15) is 24.1 Å². The third-order valence-corrected chi connectivity index (χ3v) is 5.29. The summed E-state index contributed by atoms with van der Waals surface area (Å²) in [6.45, 7) is 2.75. The van der Waals surface area contributed by atoms with Gasteiger partial charge in [0.2, 0.25) is 0 Å². The Hall–Kier alpha value is -0.880. The van der Waals surface area contributed by atoms with Crippen LogP contribution in [0.2, 0.25) is 4.34 Å². The second-order valence-corrected chi connectivity index (χ2v) is 8.26. The minimum atomic E-state index is -3.12. The summed E-state index contributed by atoms with van der Waals surface area (Å²) in [6, 6.07) is 9.09. The molecule has 0 aliphatic heterocycles. The van der Waals surface area contributed by atoms with E-state index in [0.717, 1.165) is 15.5 Å². The maximum atomic E-state index is 11.4. The molecule has 6 heteroatoms. The van der Waals surface area contributed by atoms with Gasteiger partial charge in [0.25, 0.3) is 0 Å². The molecule has 2 aromatic rings. The van der Waals surface area contributed by atoms with Gasteiger partial charge in [0.05, 0.1) is 9.23 Å². The largest absolute Gasteiger partial charge is 0.306 e. The second kappa shape index (κ2) is 6.26. The van der Waals surface area contributed by atoms with E-state index in [1.54, 1.807) is 12.1 Å². The summed E-state index contributed by atoms with van der Waals surface area (Å²) in [5.74, 6) is 0. The molecule has 3 nitrogen and oxygen atoms in total. The molecule has 0 aliphatic carbocycles. The molecule has 0 saturated carbocycles. The topological polar surface area (TPSA) is 46.2 Å². The molecule has 0 radical (unpaired) electrons. The van der Waals surface area contributed by atoms with Crippen molar-refractivity contribution in [3.05, 3.63) is 51.2 Å². The number of benzene rings is 1. The van der Waals surface area contributed by atoms with Crippen LogP contribution in [-0.4, -0.2) is 14.7 Å². The molecule has 1 unspecified atom stereocenters. The van der Waals surface area contributed by atoms with Crippen molar-refractivity contribution in [2.45, 2.75) is 24.4 Å². The summed E-state index contributed by atoms with van der Waals surface area (Å²) in [4.78, 5) is 0.346. The van der Waals surface area contributed by atoms with Crippen LogP contribution >= 0.6 is 22.9 Å². The highest BCUT2D eigenvalue weighted by Crippen LogP contribution is 2.24. The Balaban J connectivity index is 1.97. The summed E-state index contributed by atoms with van der Waals surface area (Å²) >= 11 is 7.43. The van der Waals surface area contributed by atoms with E-state index < -0.39 is 9.84 Å². The van der Waals surface area contributed by atoms with Crippen molar-refractivity contribution in [2.75, 3.05) is 6.26 Å². The first-order valence-corrected chi connectivity index (χ1v) is 9.27. The highest BCUT2D eigenvalue weighted by molar-refractivity contribution is 7.90. The maximum Gasteiger partial charge on any atom is 0.175 e. The fourth-order valence-corrected chi connectivity index (χ4v) is 3.41. The summed E-state index contributed by atoms with van der Waals surface area (Å²) in [6.07, 6.45) is 1.21. The number of thiophene rings is 1. The van der Waals surface area contributed by atoms with Gasteiger partial charge in [0.1, 0.15) is 0 Å². The monoisotopic (exact) mass is 329 g/mol. The van der Waals surface area contributed by atoms with Crippen molar-refractivity contribution in [1.29, 1.82) is 0 Å². The molecule has 1 aromatic carbocycles. The number of sulfone groups is 1. The van der Waals surface area contributed by atoms with E-state index in [2.05, 4.69) is 12.2 Å². The lowest BCUT2D eigenvalue weighted by molar-refractivity contribution is 0.576. The molecule has 108 valence electrons. The quantitative estimate of drug-likeness (QED) is 0.910. The minimum Gasteiger partial charge on any atom is -0.306 e. The third-order valence-electron chi connectivity index (χ3n) is 3.05. The predicted molar refractivity (Wildman–Crippen MR) is 84.1 cm³/mol. The van der Waals surface area contributed by atoms with Gasteiger partial charge in [-0.05, 0) is 41.6 Å². The van der Waals surface area contributed by atoms with Crippen LogP contribution < -0.4 is 5.32 Å². The molecule has 1 N–H and O–H groups in total. The third kappa shape index (κ3) is 4.06. The van der Waals surface area contributed by atoms with E-state index in [-0.39, 0.29) is 6.04 Å². The van der Waals surface area contributed by atoms with Crippen LogP contribution in [-0.2, 0) is 16.4 Å². The number of hydrogen-bond acceptors (Lipinski definition) is 4. The Bertz CT molecular complexity index is 677. The highest BCUT2D eigenvalue weighted by atomic mass is 35.5. The maximum absolute atomic E-state index is 11.4. The van der Waals surface area contributed by atoms with Crippen molar-refractivity contribution >= 4 is 32.8 Å². The van der Waals surface area contributed by atoms with Crippen molar-refractivity contribution < 1.29 is 8.42 Å². The molecule has 1 heterocycles. The standard InChI is InChI=1S/C14H16ClNO2S2/c1-10(12-7-14(15)19-9-12)16-8-11-3-5-13(6-4-11)20(2,17)18/h3-7,9-10,16H,8H2,1-2H3. The van der Waals surface area contributed by atoms with Crippen LogP contribution in [0, 0.1) is 0 Å². The van der Waals surface area contributed by atoms with E-state index in [9.17, 15) is 8.42 Å². The molecule has 0 aliphatic rings. The summed E-state index contributed by atoms with van der Waals surface area (Å²) < 4.78 is 23.5. The van der Waals surface area contributed by atoms with Crippen LogP contribution in [0.25, 0.3) is 0 Å². The van der Waals surface area contributed by atoms with Gasteiger partial charge in [-0.2, -0.15) is 0 Å². The number of nitrogens with one attached hydrogen (secondary N) is 1. The average Bonchev–Trinajstić information content (AvgIpc) is 2.82. The lowest BCUT2D eigenvalue weighted by atomic mass is 10.1. The van der Waals surface area contributed by atoms with Gasteiger partial charge in [0.15, 0.2) is 9.84 Å². The lowest BCUT2D eigenvalue weighted by Gasteiger charge is -2.12. The molecule has 20 heavy (non-hydrogen) atoms. The smallest absolute Gasteiger partial charge is 0.175 e. The molecule has 2 rings (SSSR count).